The molecule has 1 aliphatic rings. The summed E-state index contributed by atoms with van der Waals surface area (Å²) in [5.41, 5.74) is 2.57. The minimum absolute atomic E-state index is 0.849. The van der Waals surface area contributed by atoms with Crippen molar-refractivity contribution in [3.63, 3.8) is 0 Å². The van der Waals surface area contributed by atoms with Crippen molar-refractivity contribution >= 4 is 22.5 Å². The third-order valence-corrected chi connectivity index (χ3v) is 4.43. The predicted molar refractivity (Wildman–Crippen MR) is 81.7 cm³/mol. The lowest BCUT2D eigenvalue weighted by Gasteiger charge is -2.19. The Bertz CT molecular complexity index is 565. The summed E-state index contributed by atoms with van der Waals surface area (Å²) in [6.07, 6.45) is 7.69. The second-order valence-corrected chi connectivity index (χ2v) is 6.00. The van der Waals surface area contributed by atoms with Crippen LogP contribution in [-0.4, -0.2) is 22.6 Å². The van der Waals surface area contributed by atoms with Gasteiger partial charge in [-0.15, -0.1) is 0 Å². The summed E-state index contributed by atoms with van der Waals surface area (Å²) in [7, 11) is 2.08. The topological polar surface area (TPSA) is 8.17 Å². The maximum absolute atomic E-state index is 6.31. The Morgan fingerprint density at radius 3 is 2.58 bits per heavy atom. The van der Waals surface area contributed by atoms with Crippen LogP contribution in [0.15, 0.2) is 24.4 Å². The maximum atomic E-state index is 6.31. The second kappa shape index (κ2) is 5.56. The molecule has 0 spiro atoms. The normalized spacial score (nSPS) is 17.8. The maximum Gasteiger partial charge on any atom is 0.0670 e. The first kappa shape index (κ1) is 13.0. The standard InChI is InChI=1S/C16H21ClN2/c1-18-11-13(12-19-9-4-2-3-5-10-19)14-7-6-8-15(17)16(14)18/h6-8,11H,2-5,9-10,12H2,1H3. The van der Waals surface area contributed by atoms with Crippen molar-refractivity contribution < 1.29 is 0 Å². The van der Waals surface area contributed by atoms with Crippen LogP contribution >= 0.6 is 11.6 Å². The molecule has 3 rings (SSSR count). The van der Waals surface area contributed by atoms with E-state index in [0.717, 1.165) is 17.1 Å². The zero-order chi connectivity index (χ0) is 13.2. The lowest BCUT2D eigenvalue weighted by atomic mass is 10.1. The lowest BCUT2D eigenvalue weighted by Crippen LogP contribution is -2.23. The Balaban J connectivity index is 1.90. The zero-order valence-corrected chi connectivity index (χ0v) is 12.3. The molecule has 2 aromatic rings. The second-order valence-electron chi connectivity index (χ2n) is 5.59. The number of fused-ring (bicyclic) bond motifs is 1. The molecule has 0 aliphatic carbocycles. The average Bonchev–Trinajstić information content (AvgIpc) is 2.58. The van der Waals surface area contributed by atoms with Crippen LogP contribution in [0.1, 0.15) is 31.2 Å². The van der Waals surface area contributed by atoms with Crippen LogP contribution in [0.2, 0.25) is 5.02 Å². The predicted octanol–water partition coefficient (Wildman–Crippen LogP) is 4.21. The fourth-order valence-electron chi connectivity index (χ4n) is 3.16. The quantitative estimate of drug-likeness (QED) is 0.798. The first-order chi connectivity index (χ1) is 9.25. The molecule has 3 heteroatoms. The molecule has 2 heterocycles. The number of para-hydroxylation sites is 1. The fourth-order valence-corrected chi connectivity index (χ4v) is 3.47. The number of benzene rings is 1. The molecule has 0 radical (unpaired) electrons. The number of aromatic nitrogens is 1. The molecule has 0 unspecified atom stereocenters. The van der Waals surface area contributed by atoms with Crippen molar-refractivity contribution in [1.29, 1.82) is 0 Å². The molecule has 102 valence electrons. The van der Waals surface area contributed by atoms with Crippen LogP contribution in [0.25, 0.3) is 10.9 Å². The molecule has 19 heavy (non-hydrogen) atoms. The van der Waals surface area contributed by atoms with Crippen LogP contribution in [0.3, 0.4) is 0 Å². The number of nitrogens with zero attached hydrogens (tertiary/aromatic N) is 2. The lowest BCUT2D eigenvalue weighted by molar-refractivity contribution is 0.278. The Morgan fingerprint density at radius 2 is 1.84 bits per heavy atom. The molecule has 1 aromatic heterocycles. The van der Waals surface area contributed by atoms with Crippen molar-refractivity contribution in [1.82, 2.24) is 9.47 Å². The molecule has 0 atom stereocenters. The number of aryl methyl sites for hydroxylation is 1. The highest BCUT2D eigenvalue weighted by atomic mass is 35.5. The summed E-state index contributed by atoms with van der Waals surface area (Å²) in [6, 6.07) is 6.21. The van der Waals surface area contributed by atoms with Gasteiger partial charge in [-0.2, -0.15) is 0 Å². The van der Waals surface area contributed by atoms with Gasteiger partial charge in [0.25, 0.3) is 0 Å². The molecule has 0 saturated carbocycles. The van der Waals surface area contributed by atoms with Crippen LogP contribution < -0.4 is 0 Å². The Kier molecular flexibility index (Phi) is 3.81. The fraction of sp³-hybridized carbons (Fsp3) is 0.500. The summed E-state index contributed by atoms with van der Waals surface area (Å²) in [4.78, 5) is 2.59. The highest BCUT2D eigenvalue weighted by Gasteiger charge is 2.14. The molecule has 1 aromatic carbocycles. The van der Waals surface area contributed by atoms with Crippen molar-refractivity contribution in [3.05, 3.63) is 35.0 Å². The van der Waals surface area contributed by atoms with E-state index >= 15 is 0 Å². The van der Waals surface area contributed by atoms with Gasteiger partial charge in [-0.25, -0.2) is 0 Å². The Hall–Kier alpha value is -0.990. The summed E-state index contributed by atoms with van der Waals surface area (Å²) in [5, 5.41) is 2.15. The summed E-state index contributed by atoms with van der Waals surface area (Å²) in [6.45, 7) is 3.52. The van der Waals surface area contributed by atoms with E-state index in [2.05, 4.69) is 34.8 Å². The van der Waals surface area contributed by atoms with E-state index in [1.54, 1.807) is 0 Å². The first-order valence-electron chi connectivity index (χ1n) is 7.20. The first-order valence-corrected chi connectivity index (χ1v) is 7.58. The number of hydrogen-bond donors (Lipinski definition) is 0. The summed E-state index contributed by atoms with van der Waals surface area (Å²) in [5.74, 6) is 0. The smallest absolute Gasteiger partial charge is 0.0670 e. The average molecular weight is 277 g/mol. The number of hydrogen-bond acceptors (Lipinski definition) is 1. The largest absolute Gasteiger partial charge is 0.349 e. The number of rotatable bonds is 2. The monoisotopic (exact) mass is 276 g/mol. The van der Waals surface area contributed by atoms with E-state index < -0.39 is 0 Å². The minimum atomic E-state index is 0.849. The van der Waals surface area contributed by atoms with E-state index in [4.69, 9.17) is 11.6 Å². The van der Waals surface area contributed by atoms with Gasteiger partial charge in [0.15, 0.2) is 0 Å². The van der Waals surface area contributed by atoms with Gasteiger partial charge in [0, 0.05) is 25.2 Å². The SMILES string of the molecule is Cn1cc(CN2CCCCCC2)c2cccc(Cl)c21. The van der Waals surface area contributed by atoms with Crippen molar-refractivity contribution in [3.8, 4) is 0 Å². The molecule has 2 nitrogen and oxygen atoms in total. The Labute approximate surface area is 120 Å². The van der Waals surface area contributed by atoms with Gasteiger partial charge in [0.05, 0.1) is 10.5 Å². The molecule has 1 fully saturated rings. The highest BCUT2D eigenvalue weighted by Crippen LogP contribution is 2.28. The van der Waals surface area contributed by atoms with Crippen LogP contribution in [-0.2, 0) is 13.6 Å². The van der Waals surface area contributed by atoms with Gasteiger partial charge < -0.3 is 4.57 Å². The summed E-state index contributed by atoms with van der Waals surface area (Å²) < 4.78 is 2.16. The van der Waals surface area contributed by atoms with E-state index in [-0.39, 0.29) is 0 Å². The number of likely N-dealkylation sites (tertiary alicyclic amines) is 1. The third-order valence-electron chi connectivity index (χ3n) is 4.13. The molecule has 0 N–H and O–H groups in total. The van der Waals surface area contributed by atoms with Crippen LogP contribution in [0, 0.1) is 0 Å². The summed E-state index contributed by atoms with van der Waals surface area (Å²) >= 11 is 6.31. The van der Waals surface area contributed by atoms with E-state index in [1.165, 1.54) is 49.7 Å². The van der Waals surface area contributed by atoms with Crippen LogP contribution in [0.5, 0.6) is 0 Å². The molecule has 0 amide bonds. The molecule has 1 saturated heterocycles. The molecule has 0 bridgehead atoms. The Morgan fingerprint density at radius 1 is 1.11 bits per heavy atom. The van der Waals surface area contributed by atoms with Crippen molar-refractivity contribution in [2.75, 3.05) is 13.1 Å². The van der Waals surface area contributed by atoms with Crippen LogP contribution in [0.4, 0.5) is 0 Å². The van der Waals surface area contributed by atoms with Gasteiger partial charge in [-0.05, 0) is 37.6 Å². The highest BCUT2D eigenvalue weighted by molar-refractivity contribution is 6.35. The van der Waals surface area contributed by atoms with Crippen molar-refractivity contribution in [2.24, 2.45) is 7.05 Å². The van der Waals surface area contributed by atoms with Gasteiger partial charge in [0.2, 0.25) is 0 Å². The zero-order valence-electron chi connectivity index (χ0n) is 11.5. The van der Waals surface area contributed by atoms with E-state index in [9.17, 15) is 0 Å². The molecule has 1 aliphatic heterocycles. The molecular formula is C16H21ClN2. The van der Waals surface area contributed by atoms with Gasteiger partial charge in [-0.1, -0.05) is 36.6 Å². The van der Waals surface area contributed by atoms with E-state index in [1.807, 2.05) is 6.07 Å². The number of halogens is 1. The van der Waals surface area contributed by atoms with Gasteiger partial charge in [-0.3, -0.25) is 4.90 Å². The minimum Gasteiger partial charge on any atom is -0.349 e. The van der Waals surface area contributed by atoms with E-state index in [0.29, 0.717) is 0 Å². The third kappa shape index (κ3) is 2.65. The van der Waals surface area contributed by atoms with Crippen molar-refractivity contribution in [2.45, 2.75) is 32.2 Å². The molecular weight excluding hydrogens is 256 g/mol. The van der Waals surface area contributed by atoms with Gasteiger partial charge >= 0.3 is 0 Å². The van der Waals surface area contributed by atoms with Gasteiger partial charge in [0.1, 0.15) is 0 Å².